The lowest BCUT2D eigenvalue weighted by molar-refractivity contribution is -0.158. The molecule has 5 rings (SSSR count). The van der Waals surface area contributed by atoms with Crippen LogP contribution in [0.5, 0.6) is 0 Å². The van der Waals surface area contributed by atoms with Crippen LogP contribution in [0.15, 0.2) is 16.9 Å². The van der Waals surface area contributed by atoms with Gasteiger partial charge in [-0.3, -0.25) is 14.4 Å². The fraction of sp³-hybridized carbons (Fsp3) is 0.696. The van der Waals surface area contributed by atoms with Crippen molar-refractivity contribution in [3.8, 4) is 0 Å². The number of fused-ring (bicyclic) bond motifs is 1. The topological polar surface area (TPSA) is 189 Å². The Morgan fingerprint density at radius 1 is 1.37 bits per heavy atom. The number of carbonyl (C=O) groups is 4. The number of hydrogen-bond acceptors (Lipinski definition) is 10. The molecule has 0 radical (unpaired) electrons. The number of likely N-dealkylation sites (tertiary alicyclic amines) is 1. The Kier molecular flexibility index (Phi) is 7.42. The highest BCUT2D eigenvalue weighted by Crippen LogP contribution is 2.51. The summed E-state index contributed by atoms with van der Waals surface area (Å²) in [5, 5.41) is 26.8. The summed E-state index contributed by atoms with van der Waals surface area (Å²) in [6, 6.07) is -1.11. The van der Waals surface area contributed by atoms with Crippen LogP contribution in [0.1, 0.15) is 33.1 Å². The maximum atomic E-state index is 13.1. The van der Waals surface area contributed by atoms with Gasteiger partial charge in [-0.2, -0.15) is 0 Å². The first-order chi connectivity index (χ1) is 18.2. The molecule has 0 aliphatic carbocycles. The molecule has 4 aliphatic heterocycles. The van der Waals surface area contributed by atoms with Crippen LogP contribution in [0.2, 0.25) is 0 Å². The Hall–Kier alpha value is -3.04. The Morgan fingerprint density at radius 3 is 2.84 bits per heavy atom. The van der Waals surface area contributed by atoms with Gasteiger partial charge in [0.05, 0.1) is 18.0 Å². The van der Waals surface area contributed by atoms with Crippen molar-refractivity contribution in [1.29, 1.82) is 0 Å². The van der Waals surface area contributed by atoms with Crippen molar-refractivity contribution in [3.05, 3.63) is 16.9 Å². The second kappa shape index (κ2) is 10.6. The average Bonchev–Trinajstić information content (AvgIpc) is 3.66. The number of aliphatic carboxylic acids is 1. The molecule has 15 heteroatoms. The lowest BCUT2D eigenvalue weighted by Crippen LogP contribution is -2.66. The number of carbonyl (C=O) groups excluding carboxylic acids is 3. The summed E-state index contributed by atoms with van der Waals surface area (Å²) in [6.45, 7) is 5.32. The molecule has 7 atom stereocenters. The summed E-state index contributed by atoms with van der Waals surface area (Å²) in [5.41, 5.74) is 5.86. The predicted octanol–water partition coefficient (Wildman–Crippen LogP) is -1.64. The van der Waals surface area contributed by atoms with Gasteiger partial charge in [0.25, 0.3) is 0 Å². The minimum Gasteiger partial charge on any atom is -0.477 e. The number of nitrogens with one attached hydrogen (secondary N) is 2. The van der Waals surface area contributed by atoms with E-state index >= 15 is 0 Å². The molecule has 0 saturated carbocycles. The third-order valence-electron chi connectivity index (χ3n) is 8.03. The van der Waals surface area contributed by atoms with Crippen molar-refractivity contribution in [1.82, 2.24) is 40.6 Å². The molecule has 4 aliphatic rings. The molecule has 3 amide bonds. The number of carboxylic acids is 1. The Bertz CT molecular complexity index is 1140. The van der Waals surface area contributed by atoms with Crippen LogP contribution < -0.4 is 16.4 Å². The van der Waals surface area contributed by atoms with Crippen molar-refractivity contribution in [2.75, 3.05) is 19.6 Å². The van der Waals surface area contributed by atoms with Crippen LogP contribution in [-0.2, 0) is 25.7 Å². The Morgan fingerprint density at radius 2 is 2.16 bits per heavy atom. The molecule has 0 bridgehead atoms. The number of rotatable bonds is 9. The van der Waals surface area contributed by atoms with E-state index in [0.29, 0.717) is 31.0 Å². The zero-order chi connectivity index (χ0) is 27.1. The van der Waals surface area contributed by atoms with Crippen molar-refractivity contribution in [2.24, 2.45) is 17.6 Å². The smallest absolute Gasteiger partial charge is 0.353 e. The van der Waals surface area contributed by atoms with E-state index in [9.17, 15) is 24.3 Å². The standard InChI is InChI=1S/C23H33N9O5S/c1-11-18-17(12(2)27-16(33)9-30-10-26-28-29-30)22(35)32(18)19(23(36)37)20(11)38-14-6-15(25-8-14)21(34)31-5-3-4-13(31)7-24/h10-15,17-18,25H,3-9,24H2,1-2H3,(H,27,33)(H,36,37)/t11-,12?,13+,14+,15+,17-,18-/m1/s1. The quantitative estimate of drug-likeness (QED) is 0.260. The fourth-order valence-electron chi connectivity index (χ4n) is 6.22. The highest BCUT2D eigenvalue weighted by molar-refractivity contribution is 8.03. The third-order valence-corrected chi connectivity index (χ3v) is 9.54. The molecule has 1 aromatic heterocycles. The summed E-state index contributed by atoms with van der Waals surface area (Å²) < 4.78 is 1.28. The number of carboxylic acid groups (broad SMARTS) is 1. The molecule has 5 N–H and O–H groups in total. The number of thioether (sulfide) groups is 1. The van der Waals surface area contributed by atoms with Crippen LogP contribution in [-0.4, -0.2) is 108 Å². The van der Waals surface area contributed by atoms with Crippen LogP contribution >= 0.6 is 11.8 Å². The SMILES string of the molecule is CC(NC(=O)Cn1cnnn1)[C@H]1C(=O)N2C(C(=O)O)=C(S[C@@H]3CN[C@H](C(=O)N4CCC[C@H]4CN)C3)[C@H](C)[C@H]12. The number of hydrogen-bond donors (Lipinski definition) is 4. The van der Waals surface area contributed by atoms with Crippen molar-refractivity contribution < 1.29 is 24.3 Å². The number of nitrogens with two attached hydrogens (primary N) is 1. The van der Waals surface area contributed by atoms with Crippen LogP contribution in [0.3, 0.4) is 0 Å². The highest BCUT2D eigenvalue weighted by atomic mass is 32.2. The third kappa shape index (κ3) is 4.66. The molecule has 5 heterocycles. The first-order valence-electron chi connectivity index (χ1n) is 12.9. The molecule has 206 valence electrons. The zero-order valence-electron chi connectivity index (χ0n) is 21.3. The molecular weight excluding hydrogens is 514 g/mol. The lowest BCUT2D eigenvalue weighted by atomic mass is 9.78. The summed E-state index contributed by atoms with van der Waals surface area (Å²) in [7, 11) is 0. The van der Waals surface area contributed by atoms with Crippen molar-refractivity contribution in [3.63, 3.8) is 0 Å². The van der Waals surface area contributed by atoms with E-state index in [1.165, 1.54) is 27.7 Å². The number of tetrazole rings is 1. The van der Waals surface area contributed by atoms with Crippen LogP contribution in [0.25, 0.3) is 0 Å². The molecule has 1 unspecified atom stereocenters. The number of amides is 3. The van der Waals surface area contributed by atoms with E-state index in [-0.39, 0.29) is 59.3 Å². The van der Waals surface area contributed by atoms with Gasteiger partial charge in [0, 0.05) is 47.8 Å². The summed E-state index contributed by atoms with van der Waals surface area (Å²) >= 11 is 1.44. The first kappa shape index (κ1) is 26.6. The monoisotopic (exact) mass is 547 g/mol. The Labute approximate surface area is 223 Å². The minimum atomic E-state index is -1.15. The molecule has 3 saturated heterocycles. The lowest BCUT2D eigenvalue weighted by Gasteiger charge is -2.47. The molecular formula is C23H33N9O5S. The van der Waals surface area contributed by atoms with Crippen LogP contribution in [0.4, 0.5) is 0 Å². The maximum Gasteiger partial charge on any atom is 0.353 e. The first-order valence-corrected chi connectivity index (χ1v) is 13.8. The van der Waals surface area contributed by atoms with Gasteiger partial charge in [0.1, 0.15) is 18.6 Å². The second-order valence-electron chi connectivity index (χ2n) is 10.4. The van der Waals surface area contributed by atoms with Crippen molar-refractivity contribution in [2.45, 2.75) is 69.1 Å². The Balaban J connectivity index is 1.24. The van der Waals surface area contributed by atoms with Gasteiger partial charge in [0.2, 0.25) is 17.7 Å². The summed E-state index contributed by atoms with van der Waals surface area (Å²) in [6.07, 6.45) is 3.77. The van der Waals surface area contributed by atoms with Crippen molar-refractivity contribution >= 4 is 35.5 Å². The van der Waals surface area contributed by atoms with E-state index in [1.807, 2.05) is 11.8 Å². The molecule has 0 aromatic carbocycles. The van der Waals surface area contributed by atoms with Gasteiger partial charge in [-0.25, -0.2) is 9.48 Å². The molecule has 0 spiro atoms. The molecule has 14 nitrogen and oxygen atoms in total. The van der Waals surface area contributed by atoms with Gasteiger partial charge >= 0.3 is 5.97 Å². The van der Waals surface area contributed by atoms with Crippen LogP contribution in [0, 0.1) is 11.8 Å². The van der Waals surface area contributed by atoms with Gasteiger partial charge < -0.3 is 31.3 Å². The van der Waals surface area contributed by atoms with Gasteiger partial charge in [-0.1, -0.05) is 6.92 Å². The number of nitrogens with zero attached hydrogens (tertiary/aromatic N) is 6. The average molecular weight is 548 g/mol. The van der Waals surface area contributed by atoms with E-state index in [4.69, 9.17) is 5.73 Å². The van der Waals surface area contributed by atoms with E-state index in [2.05, 4.69) is 26.2 Å². The largest absolute Gasteiger partial charge is 0.477 e. The number of aromatic nitrogens is 4. The maximum absolute atomic E-state index is 13.1. The highest BCUT2D eigenvalue weighted by Gasteiger charge is 2.60. The minimum absolute atomic E-state index is 0.00431. The second-order valence-corrected chi connectivity index (χ2v) is 11.7. The van der Waals surface area contributed by atoms with E-state index in [0.717, 1.165) is 12.8 Å². The normalized spacial score (nSPS) is 31.4. The van der Waals surface area contributed by atoms with Gasteiger partial charge in [-0.15, -0.1) is 16.9 Å². The summed E-state index contributed by atoms with van der Waals surface area (Å²) in [4.78, 5) is 54.8. The van der Waals surface area contributed by atoms with E-state index in [1.54, 1.807) is 6.92 Å². The predicted molar refractivity (Wildman–Crippen MR) is 135 cm³/mol. The zero-order valence-corrected chi connectivity index (χ0v) is 22.1. The van der Waals surface area contributed by atoms with E-state index < -0.39 is 17.9 Å². The molecule has 1 aromatic rings. The number of β-lactam (4-membered cyclic amide) rings is 1. The molecule has 3 fully saturated rings. The van der Waals surface area contributed by atoms with Gasteiger partial charge in [-0.05, 0) is 36.6 Å². The fourth-order valence-corrected chi connectivity index (χ4v) is 7.70. The van der Waals surface area contributed by atoms with Gasteiger partial charge in [0.15, 0.2) is 0 Å². The molecule has 38 heavy (non-hydrogen) atoms. The summed E-state index contributed by atoms with van der Waals surface area (Å²) in [5.74, 6) is -2.52.